The smallest absolute Gasteiger partial charge is 0.229 e. The Morgan fingerprint density at radius 1 is 1.29 bits per heavy atom. The first-order chi connectivity index (χ1) is 11.5. The average Bonchev–Trinajstić information content (AvgIpc) is 2.56. The van der Waals surface area contributed by atoms with E-state index >= 15 is 0 Å². The van der Waals surface area contributed by atoms with Crippen molar-refractivity contribution in [3.63, 3.8) is 0 Å². The van der Waals surface area contributed by atoms with Gasteiger partial charge in [0.2, 0.25) is 6.04 Å². The van der Waals surface area contributed by atoms with Crippen LogP contribution in [0.1, 0.15) is 37.6 Å². The van der Waals surface area contributed by atoms with Crippen molar-refractivity contribution in [3.05, 3.63) is 70.0 Å². The summed E-state index contributed by atoms with van der Waals surface area (Å²) in [5.74, 6) is 0. The molecule has 0 spiro atoms. The predicted molar refractivity (Wildman–Crippen MR) is 97.1 cm³/mol. The minimum atomic E-state index is -0.756. The van der Waals surface area contributed by atoms with Gasteiger partial charge in [0, 0.05) is 41.4 Å². The van der Waals surface area contributed by atoms with Crippen LogP contribution in [0.2, 0.25) is 0 Å². The molecule has 1 heterocycles. The van der Waals surface area contributed by atoms with E-state index in [-0.39, 0.29) is 11.0 Å². The Hall–Kier alpha value is -2.14. The molecule has 1 N–H and O–H groups in total. The maximum atomic E-state index is 11.0. The van der Waals surface area contributed by atoms with Crippen molar-refractivity contribution in [2.24, 2.45) is 0 Å². The minimum absolute atomic E-state index is 0.149. The summed E-state index contributed by atoms with van der Waals surface area (Å²) in [4.78, 5) is 15.0. The summed E-state index contributed by atoms with van der Waals surface area (Å²) in [7, 11) is 0. The van der Waals surface area contributed by atoms with Gasteiger partial charge in [0.15, 0.2) is 0 Å². The Bertz CT molecular complexity index is 666. The molecule has 0 saturated carbocycles. The van der Waals surface area contributed by atoms with Gasteiger partial charge in [-0.25, -0.2) is 0 Å². The summed E-state index contributed by atoms with van der Waals surface area (Å²) in [6.45, 7) is 3.86. The van der Waals surface area contributed by atoms with Crippen LogP contribution in [0.4, 0.5) is 5.69 Å². The molecule has 5 nitrogen and oxygen atoms in total. The van der Waals surface area contributed by atoms with Crippen LogP contribution in [0.25, 0.3) is 0 Å². The van der Waals surface area contributed by atoms with Gasteiger partial charge in [-0.15, -0.1) is 11.6 Å². The van der Waals surface area contributed by atoms with Crippen LogP contribution in [-0.4, -0.2) is 21.3 Å². The summed E-state index contributed by atoms with van der Waals surface area (Å²) in [5.41, 5.74) is 2.86. The number of hydrogen-bond donors (Lipinski definition) is 1. The van der Waals surface area contributed by atoms with E-state index in [0.29, 0.717) is 12.8 Å². The summed E-state index contributed by atoms with van der Waals surface area (Å²) in [6.07, 6.45) is 2.48. The van der Waals surface area contributed by atoms with Gasteiger partial charge in [-0.2, -0.15) is 0 Å². The molecular weight excluding hydrogens is 326 g/mol. The van der Waals surface area contributed by atoms with Gasteiger partial charge in [0.1, 0.15) is 5.38 Å². The quantitative estimate of drug-likeness (QED) is 0.435. The molecule has 2 rings (SSSR count). The molecule has 1 aromatic heterocycles. The van der Waals surface area contributed by atoms with Crippen LogP contribution < -0.4 is 5.32 Å². The largest absolute Gasteiger partial charge is 0.378 e. The summed E-state index contributed by atoms with van der Waals surface area (Å²) < 4.78 is 0. The molecule has 0 bridgehead atoms. The van der Waals surface area contributed by atoms with E-state index in [1.807, 2.05) is 30.3 Å². The maximum absolute atomic E-state index is 11.0. The van der Waals surface area contributed by atoms with E-state index in [1.54, 1.807) is 13.1 Å². The first-order valence-corrected chi connectivity index (χ1v) is 8.49. The van der Waals surface area contributed by atoms with Crippen molar-refractivity contribution in [3.8, 4) is 0 Å². The number of benzene rings is 1. The number of rotatable bonds is 8. The van der Waals surface area contributed by atoms with E-state index in [0.717, 1.165) is 11.4 Å². The average molecular weight is 348 g/mol. The summed E-state index contributed by atoms with van der Waals surface area (Å²) in [5, 5.41) is 13.9. The molecule has 0 aliphatic heterocycles. The highest BCUT2D eigenvalue weighted by molar-refractivity contribution is 6.21. The minimum Gasteiger partial charge on any atom is -0.378 e. The van der Waals surface area contributed by atoms with Crippen LogP contribution in [0, 0.1) is 10.1 Å². The Morgan fingerprint density at radius 3 is 2.62 bits per heavy atom. The maximum Gasteiger partial charge on any atom is 0.229 e. The molecule has 0 fully saturated rings. The Balaban J connectivity index is 2.05. The van der Waals surface area contributed by atoms with Crippen molar-refractivity contribution in [2.75, 3.05) is 5.32 Å². The number of anilines is 1. The molecule has 0 radical (unpaired) electrons. The molecule has 0 aliphatic carbocycles. The molecule has 1 aromatic carbocycles. The molecule has 0 amide bonds. The van der Waals surface area contributed by atoms with Crippen LogP contribution >= 0.6 is 11.6 Å². The third kappa shape index (κ3) is 4.93. The SMILES string of the molecule is CCC(C(Cl)Cc1cc(NC(C)c2ccccc2)ccn1)[N+](=O)[O-]. The van der Waals surface area contributed by atoms with Gasteiger partial charge < -0.3 is 5.32 Å². The monoisotopic (exact) mass is 347 g/mol. The predicted octanol–water partition coefficient (Wildman–Crippen LogP) is 4.46. The molecule has 6 heteroatoms. The number of halogens is 1. The fourth-order valence-electron chi connectivity index (χ4n) is 2.63. The third-order valence-electron chi connectivity index (χ3n) is 4.01. The highest BCUT2D eigenvalue weighted by Crippen LogP contribution is 2.21. The number of pyridine rings is 1. The normalized spacial score (nSPS) is 14.6. The van der Waals surface area contributed by atoms with Crippen LogP contribution in [0.3, 0.4) is 0 Å². The van der Waals surface area contributed by atoms with Crippen molar-refractivity contribution in [1.29, 1.82) is 0 Å². The van der Waals surface area contributed by atoms with Crippen molar-refractivity contribution in [1.82, 2.24) is 4.98 Å². The Morgan fingerprint density at radius 2 is 2.00 bits per heavy atom. The molecule has 24 heavy (non-hydrogen) atoms. The Labute approximate surface area is 147 Å². The van der Waals surface area contributed by atoms with E-state index in [1.165, 1.54) is 5.56 Å². The fraction of sp³-hybridized carbons (Fsp3) is 0.389. The second-order valence-corrected chi connectivity index (χ2v) is 6.35. The van der Waals surface area contributed by atoms with Gasteiger partial charge >= 0.3 is 0 Å². The van der Waals surface area contributed by atoms with Crippen LogP contribution in [0.15, 0.2) is 48.7 Å². The zero-order valence-corrected chi connectivity index (χ0v) is 14.6. The van der Waals surface area contributed by atoms with E-state index < -0.39 is 11.4 Å². The molecular formula is C18H22ClN3O2. The first kappa shape index (κ1) is 18.2. The molecule has 2 aromatic rings. The second kappa shape index (κ2) is 8.64. The zero-order chi connectivity index (χ0) is 17.5. The van der Waals surface area contributed by atoms with Crippen LogP contribution in [-0.2, 0) is 6.42 Å². The van der Waals surface area contributed by atoms with E-state index in [2.05, 4.69) is 29.4 Å². The van der Waals surface area contributed by atoms with Gasteiger partial charge in [-0.1, -0.05) is 37.3 Å². The van der Waals surface area contributed by atoms with Gasteiger partial charge in [0.25, 0.3) is 0 Å². The molecule has 0 saturated heterocycles. The highest BCUT2D eigenvalue weighted by Gasteiger charge is 2.28. The number of hydrogen-bond acceptors (Lipinski definition) is 4. The Kier molecular flexibility index (Phi) is 6.55. The van der Waals surface area contributed by atoms with E-state index in [4.69, 9.17) is 11.6 Å². The molecule has 3 atom stereocenters. The topological polar surface area (TPSA) is 68.1 Å². The second-order valence-electron chi connectivity index (χ2n) is 5.79. The van der Waals surface area contributed by atoms with Crippen LogP contribution in [0.5, 0.6) is 0 Å². The third-order valence-corrected chi connectivity index (χ3v) is 4.46. The molecule has 128 valence electrons. The lowest BCUT2D eigenvalue weighted by Gasteiger charge is -2.17. The summed E-state index contributed by atoms with van der Waals surface area (Å²) in [6, 6.07) is 13.3. The van der Waals surface area contributed by atoms with E-state index in [9.17, 15) is 10.1 Å². The lowest BCUT2D eigenvalue weighted by molar-refractivity contribution is -0.522. The number of nitrogens with zero attached hydrogens (tertiary/aromatic N) is 2. The van der Waals surface area contributed by atoms with Crippen molar-refractivity contribution < 1.29 is 4.92 Å². The highest BCUT2D eigenvalue weighted by atomic mass is 35.5. The number of alkyl halides is 1. The standard InChI is InChI=1S/C18H22ClN3O2/c1-3-18(22(23)24)17(19)12-16-11-15(9-10-20-16)21-13(2)14-7-5-4-6-8-14/h4-11,13,17-18H,3,12H2,1-2H3,(H,20,21). The lowest BCUT2D eigenvalue weighted by atomic mass is 10.1. The lowest BCUT2D eigenvalue weighted by Crippen LogP contribution is -2.31. The molecule has 0 aliphatic rings. The zero-order valence-electron chi connectivity index (χ0n) is 13.9. The fourth-order valence-corrected chi connectivity index (χ4v) is 3.06. The molecule has 3 unspecified atom stereocenters. The number of nitrogens with one attached hydrogen (secondary N) is 1. The number of aromatic nitrogens is 1. The van der Waals surface area contributed by atoms with Gasteiger partial charge in [-0.05, 0) is 24.6 Å². The van der Waals surface area contributed by atoms with Crippen molar-refractivity contribution >= 4 is 17.3 Å². The first-order valence-electron chi connectivity index (χ1n) is 8.05. The van der Waals surface area contributed by atoms with Gasteiger partial charge in [0.05, 0.1) is 0 Å². The van der Waals surface area contributed by atoms with Gasteiger partial charge in [-0.3, -0.25) is 15.1 Å². The summed E-state index contributed by atoms with van der Waals surface area (Å²) >= 11 is 6.23. The van der Waals surface area contributed by atoms with Crippen molar-refractivity contribution in [2.45, 2.75) is 44.1 Å². The number of nitro groups is 1.